The molecule has 0 spiro atoms. The van der Waals surface area contributed by atoms with E-state index in [1.807, 2.05) is 12.1 Å². The van der Waals surface area contributed by atoms with Crippen LogP contribution in [0.2, 0.25) is 5.02 Å². The van der Waals surface area contributed by atoms with Crippen LogP contribution in [0.5, 0.6) is 5.75 Å². The Morgan fingerprint density at radius 2 is 1.83 bits per heavy atom. The van der Waals surface area contributed by atoms with Gasteiger partial charge in [-0.15, -0.1) is 0 Å². The lowest BCUT2D eigenvalue weighted by molar-refractivity contribution is 0.0317. The molecule has 186 valence electrons. The number of ether oxygens (including phenoxy) is 1. The van der Waals surface area contributed by atoms with Crippen molar-refractivity contribution in [2.24, 2.45) is 11.8 Å². The van der Waals surface area contributed by atoms with Gasteiger partial charge < -0.3 is 9.15 Å². The first-order valence-electron chi connectivity index (χ1n) is 11.9. The third kappa shape index (κ3) is 4.85. The van der Waals surface area contributed by atoms with E-state index in [2.05, 4.69) is 0 Å². The van der Waals surface area contributed by atoms with Crippen molar-refractivity contribution < 1.29 is 26.4 Å². The minimum Gasteiger partial charge on any atom is -0.490 e. The van der Waals surface area contributed by atoms with E-state index < -0.39 is 26.9 Å². The van der Waals surface area contributed by atoms with Gasteiger partial charge in [-0.05, 0) is 73.6 Å². The molecule has 8 heteroatoms. The van der Waals surface area contributed by atoms with Gasteiger partial charge in [0.25, 0.3) is 0 Å². The Hall–Kier alpha value is -2.38. The van der Waals surface area contributed by atoms with Crippen molar-refractivity contribution in [1.29, 1.82) is 0 Å². The molecule has 3 aromatic rings. The van der Waals surface area contributed by atoms with Crippen LogP contribution in [0.25, 0.3) is 0 Å². The molecule has 2 aromatic carbocycles. The fraction of sp³-hybridized carbons (Fsp3) is 0.407. The maximum atomic E-state index is 15.4. The van der Waals surface area contributed by atoms with Crippen LogP contribution >= 0.6 is 11.6 Å². The minimum atomic E-state index is -3.38. The Balaban J connectivity index is 1.48. The predicted octanol–water partition coefficient (Wildman–Crippen LogP) is 6.51. The lowest BCUT2D eigenvalue weighted by Gasteiger charge is -2.52. The lowest BCUT2D eigenvalue weighted by atomic mass is 9.55. The molecule has 35 heavy (non-hydrogen) atoms. The molecule has 0 unspecified atom stereocenters. The zero-order valence-electron chi connectivity index (χ0n) is 19.2. The fourth-order valence-electron chi connectivity index (χ4n) is 6.07. The molecule has 0 bridgehead atoms. The second kappa shape index (κ2) is 9.58. The molecular weight excluding hydrogens is 494 g/mol. The van der Waals surface area contributed by atoms with E-state index in [0.717, 1.165) is 24.5 Å². The maximum Gasteiger partial charge on any atom is 0.165 e. The number of hydrogen-bond donors (Lipinski definition) is 0. The molecule has 0 N–H and O–H groups in total. The molecule has 2 heterocycles. The van der Waals surface area contributed by atoms with E-state index in [4.69, 9.17) is 20.8 Å². The molecular formula is C27H27ClF2O4S. The first kappa shape index (κ1) is 24.3. The molecule has 1 aromatic heterocycles. The molecule has 0 amide bonds. The summed E-state index contributed by atoms with van der Waals surface area (Å²) in [5.41, 5.74) is 0.565. The molecule has 4 nitrogen and oxygen atoms in total. The van der Waals surface area contributed by atoms with Crippen molar-refractivity contribution in [3.8, 4) is 5.75 Å². The van der Waals surface area contributed by atoms with Gasteiger partial charge in [0.2, 0.25) is 0 Å². The molecule has 0 saturated heterocycles. The summed E-state index contributed by atoms with van der Waals surface area (Å²) in [5, 5.41) is 0.607. The second-order valence-electron chi connectivity index (χ2n) is 9.72. The van der Waals surface area contributed by atoms with Gasteiger partial charge in [0, 0.05) is 21.9 Å². The number of benzene rings is 2. The highest BCUT2D eigenvalue weighted by atomic mass is 35.5. The maximum absolute atomic E-state index is 15.4. The smallest absolute Gasteiger partial charge is 0.165 e. The molecule has 2 aliphatic rings. The number of hydrogen-bond acceptors (Lipinski definition) is 4. The van der Waals surface area contributed by atoms with Crippen LogP contribution in [0.3, 0.4) is 0 Å². The summed E-state index contributed by atoms with van der Waals surface area (Å²) in [5.74, 6) is -0.937. The molecule has 1 aliphatic carbocycles. The predicted molar refractivity (Wildman–Crippen MR) is 130 cm³/mol. The Morgan fingerprint density at radius 3 is 2.57 bits per heavy atom. The molecule has 5 rings (SSSR count). The van der Waals surface area contributed by atoms with Crippen molar-refractivity contribution in [3.05, 3.63) is 88.3 Å². The van der Waals surface area contributed by atoms with Crippen LogP contribution in [0, 0.1) is 23.5 Å². The second-order valence-corrected chi connectivity index (χ2v) is 12.3. The number of sulfone groups is 1. The largest absolute Gasteiger partial charge is 0.490 e. The summed E-state index contributed by atoms with van der Waals surface area (Å²) in [4.78, 5) is 0. The van der Waals surface area contributed by atoms with Crippen LogP contribution in [0.4, 0.5) is 8.78 Å². The van der Waals surface area contributed by atoms with Crippen molar-refractivity contribution in [3.63, 3.8) is 0 Å². The minimum absolute atomic E-state index is 0.00163. The van der Waals surface area contributed by atoms with Gasteiger partial charge in [0.15, 0.2) is 21.4 Å². The third-order valence-electron chi connectivity index (χ3n) is 7.62. The van der Waals surface area contributed by atoms with Gasteiger partial charge in [-0.2, -0.15) is 0 Å². The highest BCUT2D eigenvalue weighted by molar-refractivity contribution is 7.90. The molecule has 1 saturated carbocycles. The first-order chi connectivity index (χ1) is 16.8. The summed E-state index contributed by atoms with van der Waals surface area (Å²) >= 11 is 6.08. The Kier molecular flexibility index (Phi) is 6.66. The molecule has 3 atom stereocenters. The van der Waals surface area contributed by atoms with E-state index in [1.165, 1.54) is 12.3 Å². The van der Waals surface area contributed by atoms with Gasteiger partial charge in [0.05, 0.1) is 18.6 Å². The highest BCUT2D eigenvalue weighted by Crippen LogP contribution is 2.55. The standard InChI is InChI=1S/C27H27ClF2O4S/c28-20-7-5-18(6-8-20)15-27-12-1-3-19(11-14-35(31,32)17-21-4-2-13-33-21)22(27)16-34-26-24(30)10-9-23(29)25(26)27/h2,4-10,13,19,22H,1,3,11-12,14-17H2/t19-,22-,27-/m0/s1. The van der Waals surface area contributed by atoms with Gasteiger partial charge >= 0.3 is 0 Å². The third-order valence-corrected chi connectivity index (χ3v) is 9.45. The van der Waals surface area contributed by atoms with E-state index in [0.29, 0.717) is 30.0 Å². The normalized spacial score (nSPS) is 23.9. The van der Waals surface area contributed by atoms with Crippen LogP contribution < -0.4 is 4.74 Å². The van der Waals surface area contributed by atoms with Gasteiger partial charge in [-0.25, -0.2) is 17.2 Å². The monoisotopic (exact) mass is 520 g/mol. The fourth-order valence-corrected chi connectivity index (χ4v) is 7.60. The summed E-state index contributed by atoms with van der Waals surface area (Å²) in [6, 6.07) is 13.0. The topological polar surface area (TPSA) is 56.5 Å². The van der Waals surface area contributed by atoms with Crippen LogP contribution in [0.15, 0.2) is 59.2 Å². The Bertz CT molecular complexity index is 1290. The summed E-state index contributed by atoms with van der Waals surface area (Å²) < 4.78 is 66.8. The van der Waals surface area contributed by atoms with Crippen LogP contribution in [-0.4, -0.2) is 20.8 Å². The van der Waals surface area contributed by atoms with Crippen molar-refractivity contribution in [2.75, 3.05) is 12.4 Å². The van der Waals surface area contributed by atoms with Crippen LogP contribution in [-0.2, 0) is 27.4 Å². The molecule has 1 fully saturated rings. The number of halogens is 3. The SMILES string of the molecule is O=S(=O)(CC[C@@H]1CCC[C@@]2(Cc3ccc(Cl)cc3)c3c(F)ccc(F)c3OC[C@@H]12)Cc1ccco1. The first-order valence-corrected chi connectivity index (χ1v) is 14.1. The van der Waals surface area contributed by atoms with E-state index in [1.54, 1.807) is 24.3 Å². The average Bonchev–Trinajstić information content (AvgIpc) is 3.33. The molecule has 0 radical (unpaired) electrons. The zero-order valence-corrected chi connectivity index (χ0v) is 20.8. The Labute approximate surface area is 209 Å². The summed E-state index contributed by atoms with van der Waals surface area (Å²) in [6.07, 6.45) is 4.68. The van der Waals surface area contributed by atoms with Gasteiger partial charge in [0.1, 0.15) is 17.3 Å². The van der Waals surface area contributed by atoms with Crippen molar-refractivity contribution in [1.82, 2.24) is 0 Å². The number of fused-ring (bicyclic) bond motifs is 3. The van der Waals surface area contributed by atoms with Crippen LogP contribution in [0.1, 0.15) is 42.6 Å². The van der Waals surface area contributed by atoms with E-state index in [-0.39, 0.29) is 41.3 Å². The highest BCUT2D eigenvalue weighted by Gasteiger charge is 2.52. The van der Waals surface area contributed by atoms with E-state index in [9.17, 15) is 12.8 Å². The average molecular weight is 521 g/mol. The number of furan rings is 1. The Morgan fingerprint density at radius 1 is 1.06 bits per heavy atom. The quantitative estimate of drug-likeness (QED) is 0.356. The van der Waals surface area contributed by atoms with Crippen molar-refractivity contribution in [2.45, 2.75) is 43.3 Å². The van der Waals surface area contributed by atoms with Crippen molar-refractivity contribution >= 4 is 21.4 Å². The zero-order chi connectivity index (χ0) is 24.6. The van der Waals surface area contributed by atoms with Gasteiger partial charge in [-0.1, -0.05) is 30.2 Å². The lowest BCUT2D eigenvalue weighted by Crippen LogP contribution is -2.51. The van der Waals surface area contributed by atoms with E-state index >= 15 is 4.39 Å². The molecule has 1 aliphatic heterocycles. The summed E-state index contributed by atoms with van der Waals surface area (Å²) in [6.45, 7) is 0.226. The number of rotatable bonds is 7. The van der Waals surface area contributed by atoms with Gasteiger partial charge in [-0.3, -0.25) is 0 Å². The summed E-state index contributed by atoms with van der Waals surface area (Å²) in [7, 11) is -3.38.